The average molecular weight is 305 g/mol. The maximum Gasteiger partial charge on any atom is 0.200 e. The summed E-state index contributed by atoms with van der Waals surface area (Å²) in [5.74, 6) is 0.143. The molecule has 1 aliphatic rings. The number of thioether (sulfide) groups is 1. The van der Waals surface area contributed by atoms with Crippen molar-refractivity contribution in [2.24, 2.45) is 0 Å². The SMILES string of the molecule is C[C@]1(c2ccccc2)Sc2ccccc2-n2cccc2C1=O. The number of nitrogens with zero attached hydrogens (tertiary/aromatic N) is 1. The van der Waals surface area contributed by atoms with Crippen LogP contribution in [0.25, 0.3) is 5.69 Å². The third-order valence-electron chi connectivity index (χ3n) is 4.18. The van der Waals surface area contributed by atoms with E-state index in [9.17, 15) is 4.79 Å². The summed E-state index contributed by atoms with van der Waals surface area (Å²) < 4.78 is 1.38. The van der Waals surface area contributed by atoms with E-state index in [1.807, 2.05) is 72.3 Å². The van der Waals surface area contributed by atoms with Gasteiger partial charge in [-0.05, 0) is 36.8 Å². The molecule has 22 heavy (non-hydrogen) atoms. The first-order valence-electron chi connectivity index (χ1n) is 7.26. The largest absolute Gasteiger partial charge is 0.313 e. The van der Waals surface area contributed by atoms with Crippen LogP contribution in [0.15, 0.2) is 77.8 Å². The predicted octanol–water partition coefficient (Wildman–Crippen LogP) is 4.68. The number of aromatic nitrogens is 1. The molecule has 0 radical (unpaired) electrons. The summed E-state index contributed by atoms with van der Waals surface area (Å²) >= 11 is 1.63. The van der Waals surface area contributed by atoms with Crippen molar-refractivity contribution < 1.29 is 4.79 Å². The van der Waals surface area contributed by atoms with Gasteiger partial charge in [0.25, 0.3) is 0 Å². The molecule has 0 saturated heterocycles. The van der Waals surface area contributed by atoms with Crippen molar-refractivity contribution in [3.8, 4) is 5.69 Å². The van der Waals surface area contributed by atoms with Gasteiger partial charge in [0.1, 0.15) is 4.75 Å². The quantitative estimate of drug-likeness (QED) is 0.651. The van der Waals surface area contributed by atoms with E-state index in [0.717, 1.165) is 21.8 Å². The Balaban J connectivity index is 2.00. The van der Waals surface area contributed by atoms with Gasteiger partial charge in [0.2, 0.25) is 0 Å². The number of hydrogen-bond acceptors (Lipinski definition) is 2. The Morgan fingerprint density at radius 2 is 1.64 bits per heavy atom. The summed E-state index contributed by atoms with van der Waals surface area (Å²) in [4.78, 5) is 14.4. The summed E-state index contributed by atoms with van der Waals surface area (Å²) in [5, 5.41) is 0. The second-order valence-electron chi connectivity index (χ2n) is 5.56. The maximum absolute atomic E-state index is 13.2. The molecule has 0 aliphatic carbocycles. The number of benzene rings is 2. The minimum Gasteiger partial charge on any atom is -0.313 e. The Morgan fingerprint density at radius 3 is 2.45 bits per heavy atom. The van der Waals surface area contributed by atoms with Crippen molar-refractivity contribution in [1.82, 2.24) is 4.57 Å². The highest BCUT2D eigenvalue weighted by atomic mass is 32.2. The first-order valence-corrected chi connectivity index (χ1v) is 8.08. The van der Waals surface area contributed by atoms with E-state index in [4.69, 9.17) is 0 Å². The minimum absolute atomic E-state index is 0.143. The van der Waals surface area contributed by atoms with Gasteiger partial charge < -0.3 is 4.57 Å². The summed E-state index contributed by atoms with van der Waals surface area (Å²) in [6.07, 6.45) is 1.96. The van der Waals surface area contributed by atoms with Gasteiger partial charge in [0, 0.05) is 11.1 Å². The summed E-state index contributed by atoms with van der Waals surface area (Å²) in [5.41, 5.74) is 2.85. The summed E-state index contributed by atoms with van der Waals surface area (Å²) in [7, 11) is 0. The molecule has 4 rings (SSSR count). The number of ketones is 1. The van der Waals surface area contributed by atoms with Crippen LogP contribution in [-0.4, -0.2) is 10.4 Å². The van der Waals surface area contributed by atoms with Crippen LogP contribution in [0.4, 0.5) is 0 Å². The van der Waals surface area contributed by atoms with E-state index in [-0.39, 0.29) is 5.78 Å². The van der Waals surface area contributed by atoms with Crippen LogP contribution < -0.4 is 0 Å². The predicted molar refractivity (Wildman–Crippen MR) is 89.8 cm³/mol. The molecule has 1 aliphatic heterocycles. The number of hydrogen-bond donors (Lipinski definition) is 0. The molecule has 2 heterocycles. The lowest BCUT2D eigenvalue weighted by atomic mass is 9.93. The van der Waals surface area contributed by atoms with E-state index < -0.39 is 4.75 Å². The molecule has 108 valence electrons. The Hall–Kier alpha value is -2.26. The molecule has 0 N–H and O–H groups in total. The fraction of sp³-hybridized carbons (Fsp3) is 0.105. The Morgan fingerprint density at radius 1 is 0.909 bits per heavy atom. The van der Waals surface area contributed by atoms with Gasteiger partial charge in [-0.15, -0.1) is 11.8 Å². The summed E-state index contributed by atoms with van der Waals surface area (Å²) in [6.45, 7) is 2.02. The lowest BCUT2D eigenvalue weighted by Crippen LogP contribution is -2.29. The number of carbonyl (C=O) groups is 1. The molecule has 0 bridgehead atoms. The Bertz CT molecular complexity index is 853. The fourth-order valence-electron chi connectivity index (χ4n) is 2.98. The number of para-hydroxylation sites is 1. The third-order valence-corrected chi connectivity index (χ3v) is 5.57. The molecule has 1 atom stereocenters. The molecule has 1 aromatic heterocycles. The molecular weight excluding hydrogens is 290 g/mol. The zero-order valence-electron chi connectivity index (χ0n) is 12.2. The van der Waals surface area contributed by atoms with E-state index in [0.29, 0.717) is 0 Å². The minimum atomic E-state index is -0.621. The van der Waals surface area contributed by atoms with Gasteiger partial charge in [-0.2, -0.15) is 0 Å². The number of carbonyl (C=O) groups excluding carboxylic acids is 1. The molecule has 3 aromatic rings. The fourth-order valence-corrected chi connectivity index (χ4v) is 4.28. The standard InChI is InChI=1S/C19H15NOS/c1-19(14-8-3-2-4-9-14)18(21)16-11-7-13-20(16)15-10-5-6-12-17(15)22-19/h2-13H,1H3/t19-/m1/s1. The average Bonchev–Trinajstić information content (AvgIpc) is 3.01. The van der Waals surface area contributed by atoms with Crippen molar-refractivity contribution in [3.63, 3.8) is 0 Å². The third kappa shape index (κ3) is 1.86. The summed E-state index contributed by atoms with van der Waals surface area (Å²) in [6, 6.07) is 22.1. The van der Waals surface area contributed by atoms with E-state index in [2.05, 4.69) is 12.1 Å². The molecule has 2 aromatic carbocycles. The van der Waals surface area contributed by atoms with Gasteiger partial charge in [-0.3, -0.25) is 4.79 Å². The molecule has 3 heteroatoms. The molecule has 0 fully saturated rings. The molecule has 0 spiro atoms. The maximum atomic E-state index is 13.2. The number of Topliss-reactive ketones (excluding diaryl/α,β-unsaturated/α-hetero) is 1. The van der Waals surface area contributed by atoms with Crippen LogP contribution in [0.2, 0.25) is 0 Å². The Labute approximate surface area is 133 Å². The second kappa shape index (κ2) is 4.89. The van der Waals surface area contributed by atoms with Gasteiger partial charge in [-0.1, -0.05) is 42.5 Å². The zero-order chi connectivity index (χ0) is 15.2. The Kier molecular flexibility index (Phi) is 2.98. The molecular formula is C19H15NOS. The van der Waals surface area contributed by atoms with Crippen LogP contribution in [0, 0.1) is 0 Å². The van der Waals surface area contributed by atoms with Crippen molar-refractivity contribution in [2.45, 2.75) is 16.6 Å². The van der Waals surface area contributed by atoms with Crippen LogP contribution in [0.3, 0.4) is 0 Å². The lowest BCUT2D eigenvalue weighted by molar-refractivity contribution is 0.0944. The van der Waals surface area contributed by atoms with Crippen LogP contribution in [0.5, 0.6) is 0 Å². The second-order valence-corrected chi connectivity index (χ2v) is 7.02. The zero-order valence-corrected chi connectivity index (χ0v) is 13.0. The highest BCUT2D eigenvalue weighted by molar-refractivity contribution is 8.01. The molecule has 0 unspecified atom stereocenters. The highest BCUT2D eigenvalue weighted by Crippen LogP contribution is 2.47. The van der Waals surface area contributed by atoms with Gasteiger partial charge in [0.05, 0.1) is 11.4 Å². The van der Waals surface area contributed by atoms with Crippen molar-refractivity contribution in [1.29, 1.82) is 0 Å². The van der Waals surface area contributed by atoms with Crippen LogP contribution >= 0.6 is 11.8 Å². The van der Waals surface area contributed by atoms with Crippen LogP contribution in [0.1, 0.15) is 23.0 Å². The molecule has 0 saturated carbocycles. The van der Waals surface area contributed by atoms with Gasteiger partial charge >= 0.3 is 0 Å². The first-order chi connectivity index (χ1) is 10.7. The van der Waals surface area contributed by atoms with Crippen LogP contribution in [-0.2, 0) is 4.75 Å². The lowest BCUT2D eigenvalue weighted by Gasteiger charge is -2.26. The topological polar surface area (TPSA) is 22.0 Å². The van der Waals surface area contributed by atoms with Gasteiger partial charge in [0.15, 0.2) is 5.78 Å². The van der Waals surface area contributed by atoms with E-state index in [1.54, 1.807) is 11.8 Å². The van der Waals surface area contributed by atoms with Crippen molar-refractivity contribution in [2.75, 3.05) is 0 Å². The monoisotopic (exact) mass is 305 g/mol. The van der Waals surface area contributed by atoms with E-state index >= 15 is 0 Å². The highest BCUT2D eigenvalue weighted by Gasteiger charge is 2.41. The van der Waals surface area contributed by atoms with Crippen molar-refractivity contribution in [3.05, 3.63) is 84.2 Å². The first kappa shape index (κ1) is 13.4. The molecule has 2 nitrogen and oxygen atoms in total. The normalized spacial score (nSPS) is 20.1. The number of fused-ring (bicyclic) bond motifs is 3. The molecule has 0 amide bonds. The van der Waals surface area contributed by atoms with E-state index in [1.165, 1.54) is 0 Å². The van der Waals surface area contributed by atoms with Gasteiger partial charge in [-0.25, -0.2) is 0 Å². The number of rotatable bonds is 1. The smallest absolute Gasteiger partial charge is 0.200 e. The van der Waals surface area contributed by atoms with Crippen molar-refractivity contribution >= 4 is 17.5 Å².